The molecule has 0 saturated heterocycles. The summed E-state index contributed by atoms with van der Waals surface area (Å²) < 4.78 is 5.39. The average molecular weight is 547 g/mol. The van der Waals surface area contributed by atoms with Crippen LogP contribution in [0.5, 0.6) is 0 Å². The van der Waals surface area contributed by atoms with E-state index in [0.717, 1.165) is 37.7 Å². The van der Waals surface area contributed by atoms with Gasteiger partial charge in [0.15, 0.2) is 0 Å². The van der Waals surface area contributed by atoms with Crippen LogP contribution in [-0.4, -0.2) is 52.9 Å². The predicted molar refractivity (Wildman–Crippen MR) is 154 cm³/mol. The van der Waals surface area contributed by atoms with Crippen LogP contribution in [0, 0.1) is 6.92 Å². The summed E-state index contributed by atoms with van der Waals surface area (Å²) in [5.74, 6) is -1.35. The molecule has 9 nitrogen and oxygen atoms in total. The molecule has 0 fully saturated rings. The summed E-state index contributed by atoms with van der Waals surface area (Å²) in [5, 5.41) is 5.59. The van der Waals surface area contributed by atoms with Gasteiger partial charge in [-0.1, -0.05) is 68.9 Å². The van der Waals surface area contributed by atoms with Gasteiger partial charge in [0.1, 0.15) is 17.7 Å². The molecule has 0 radical (unpaired) electrons. The van der Waals surface area contributed by atoms with Crippen LogP contribution in [0.25, 0.3) is 0 Å². The second-order valence-electron chi connectivity index (χ2n) is 11.5. The summed E-state index contributed by atoms with van der Waals surface area (Å²) in [5.41, 5.74) is 6.25. The van der Waals surface area contributed by atoms with E-state index in [1.807, 2.05) is 45.0 Å². The first-order chi connectivity index (χ1) is 18.2. The number of carbonyl (C=O) groups is 4. The molecule has 1 aromatic carbocycles. The van der Waals surface area contributed by atoms with Crippen LogP contribution in [0.3, 0.4) is 0 Å². The Kier molecular flexibility index (Phi) is 14.6. The van der Waals surface area contributed by atoms with Crippen LogP contribution in [0.1, 0.15) is 110 Å². The quantitative estimate of drug-likeness (QED) is 0.254. The molecule has 1 aromatic rings. The zero-order valence-electron chi connectivity index (χ0n) is 25.0. The maximum atomic E-state index is 14.1. The predicted octanol–water partition coefficient (Wildman–Crippen LogP) is 4.91. The lowest BCUT2D eigenvalue weighted by Crippen LogP contribution is -2.54. The molecule has 0 spiro atoms. The second-order valence-corrected chi connectivity index (χ2v) is 11.5. The van der Waals surface area contributed by atoms with Crippen LogP contribution in [-0.2, 0) is 19.1 Å². The number of carbonyl (C=O) groups excluding carboxylic acids is 4. The van der Waals surface area contributed by atoms with E-state index in [1.165, 1.54) is 4.90 Å². The summed E-state index contributed by atoms with van der Waals surface area (Å²) in [4.78, 5) is 53.6. The van der Waals surface area contributed by atoms with Crippen LogP contribution >= 0.6 is 0 Å². The molecule has 0 heterocycles. The number of benzene rings is 1. The Hall–Kier alpha value is -3.10. The van der Waals surface area contributed by atoms with Crippen molar-refractivity contribution in [3.8, 4) is 0 Å². The highest BCUT2D eigenvalue weighted by Crippen LogP contribution is 2.25. The molecule has 0 aliphatic rings. The minimum Gasteiger partial charge on any atom is -0.444 e. The van der Waals surface area contributed by atoms with Gasteiger partial charge in [-0.15, -0.1) is 0 Å². The van der Waals surface area contributed by atoms with Crippen molar-refractivity contribution in [3.05, 3.63) is 35.4 Å². The highest BCUT2D eigenvalue weighted by atomic mass is 16.6. The fraction of sp³-hybridized carbons (Fsp3) is 0.667. The van der Waals surface area contributed by atoms with E-state index < -0.39 is 35.6 Å². The molecule has 2 unspecified atom stereocenters. The summed E-state index contributed by atoms with van der Waals surface area (Å²) in [6.45, 7) is 13.3. The molecular formula is C30H50N4O5. The van der Waals surface area contributed by atoms with Crippen molar-refractivity contribution in [1.29, 1.82) is 0 Å². The van der Waals surface area contributed by atoms with Gasteiger partial charge in [-0.2, -0.15) is 0 Å². The van der Waals surface area contributed by atoms with Gasteiger partial charge in [0, 0.05) is 19.0 Å². The van der Waals surface area contributed by atoms with E-state index in [9.17, 15) is 19.2 Å². The maximum absolute atomic E-state index is 14.1. The molecule has 1 rings (SSSR count). The number of amides is 4. The van der Waals surface area contributed by atoms with Crippen molar-refractivity contribution in [1.82, 2.24) is 15.5 Å². The Morgan fingerprint density at radius 2 is 1.64 bits per heavy atom. The number of aryl methyl sites for hydroxylation is 1. The van der Waals surface area contributed by atoms with Crippen molar-refractivity contribution < 1.29 is 23.9 Å². The molecule has 9 heteroatoms. The van der Waals surface area contributed by atoms with E-state index in [2.05, 4.69) is 17.6 Å². The third-order valence-corrected chi connectivity index (χ3v) is 6.05. The lowest BCUT2D eigenvalue weighted by molar-refractivity contribution is -0.143. The number of nitrogens with one attached hydrogen (secondary N) is 2. The third kappa shape index (κ3) is 13.5. The van der Waals surface area contributed by atoms with Gasteiger partial charge in [-0.25, -0.2) is 4.79 Å². The Balaban J connectivity index is 3.44. The topological polar surface area (TPSA) is 131 Å². The summed E-state index contributed by atoms with van der Waals surface area (Å²) in [7, 11) is 0. The summed E-state index contributed by atoms with van der Waals surface area (Å²) >= 11 is 0. The van der Waals surface area contributed by atoms with Gasteiger partial charge in [0.05, 0.1) is 0 Å². The number of alkyl carbamates (subject to hydrolysis) is 1. The van der Waals surface area contributed by atoms with Crippen molar-refractivity contribution in [2.45, 2.75) is 124 Å². The molecule has 4 amide bonds. The van der Waals surface area contributed by atoms with Crippen LogP contribution in [0.4, 0.5) is 4.79 Å². The van der Waals surface area contributed by atoms with Gasteiger partial charge < -0.3 is 26.0 Å². The van der Waals surface area contributed by atoms with Gasteiger partial charge >= 0.3 is 6.09 Å². The van der Waals surface area contributed by atoms with E-state index in [4.69, 9.17) is 10.5 Å². The number of primary amides is 1. The Morgan fingerprint density at radius 3 is 2.21 bits per heavy atom. The molecule has 2 atom stereocenters. The van der Waals surface area contributed by atoms with Gasteiger partial charge in [-0.3, -0.25) is 14.4 Å². The Morgan fingerprint density at radius 1 is 1.00 bits per heavy atom. The van der Waals surface area contributed by atoms with Gasteiger partial charge in [0.2, 0.25) is 17.7 Å². The Labute approximate surface area is 234 Å². The van der Waals surface area contributed by atoms with E-state index >= 15 is 0 Å². The lowest BCUT2D eigenvalue weighted by Gasteiger charge is -2.35. The number of ether oxygens (including phenoxy) is 1. The lowest BCUT2D eigenvalue weighted by atomic mass is 9.99. The van der Waals surface area contributed by atoms with Crippen molar-refractivity contribution >= 4 is 23.8 Å². The molecule has 0 aliphatic heterocycles. The first-order valence-electron chi connectivity index (χ1n) is 14.2. The maximum Gasteiger partial charge on any atom is 0.408 e. The number of unbranched alkanes of at least 4 members (excludes halogenated alkanes) is 5. The van der Waals surface area contributed by atoms with Crippen molar-refractivity contribution in [2.24, 2.45) is 5.73 Å². The highest BCUT2D eigenvalue weighted by Gasteiger charge is 2.36. The van der Waals surface area contributed by atoms with E-state index in [-0.39, 0.29) is 24.8 Å². The van der Waals surface area contributed by atoms with Gasteiger partial charge in [-0.05, 0) is 59.9 Å². The fourth-order valence-corrected chi connectivity index (χ4v) is 4.30. The number of nitrogens with two attached hydrogens (primary N) is 1. The highest BCUT2D eigenvalue weighted by molar-refractivity contribution is 5.92. The normalized spacial score (nSPS) is 12.9. The zero-order chi connectivity index (χ0) is 29.6. The fourth-order valence-electron chi connectivity index (χ4n) is 4.30. The first-order valence-corrected chi connectivity index (χ1v) is 14.2. The molecule has 4 N–H and O–H groups in total. The molecular weight excluding hydrogens is 496 g/mol. The van der Waals surface area contributed by atoms with Gasteiger partial charge in [0.25, 0.3) is 0 Å². The monoisotopic (exact) mass is 546 g/mol. The largest absolute Gasteiger partial charge is 0.444 e. The minimum atomic E-state index is -1.09. The summed E-state index contributed by atoms with van der Waals surface area (Å²) in [6, 6.07) is 5.38. The van der Waals surface area contributed by atoms with Crippen molar-refractivity contribution in [2.75, 3.05) is 6.54 Å². The number of hydrogen-bond donors (Lipinski definition) is 3. The first kappa shape index (κ1) is 33.9. The molecule has 0 aliphatic carbocycles. The average Bonchev–Trinajstić information content (AvgIpc) is 2.81. The second kappa shape index (κ2) is 16.8. The van der Waals surface area contributed by atoms with Crippen molar-refractivity contribution in [3.63, 3.8) is 0 Å². The minimum absolute atomic E-state index is 0.00720. The third-order valence-electron chi connectivity index (χ3n) is 6.05. The van der Waals surface area contributed by atoms with Crippen LogP contribution < -0.4 is 16.4 Å². The molecule has 39 heavy (non-hydrogen) atoms. The number of rotatable bonds is 16. The zero-order valence-corrected chi connectivity index (χ0v) is 25.0. The Bertz CT molecular complexity index is 942. The SMILES string of the molecule is CCCCCCCCN(C(=O)C(CCC(N)=O)NC(=O)OC(C)(C)C)C(C(=O)NC(C)C)c1cccc(C)c1. The molecule has 0 saturated carbocycles. The molecule has 0 aromatic heterocycles. The van der Waals surface area contributed by atoms with Crippen LogP contribution in [0.15, 0.2) is 24.3 Å². The summed E-state index contributed by atoms with van der Waals surface area (Å²) in [6.07, 6.45) is 5.14. The molecule has 220 valence electrons. The smallest absolute Gasteiger partial charge is 0.408 e. The molecule has 0 bridgehead atoms. The van der Waals surface area contributed by atoms with Crippen LogP contribution in [0.2, 0.25) is 0 Å². The standard InChI is InChI=1S/C30H50N4O5/c1-8-9-10-11-12-13-19-34(26(27(36)32-21(2)3)23-16-14-15-22(4)20-23)28(37)24(17-18-25(31)35)33-29(38)39-30(5,6)7/h14-16,20-21,24,26H,8-13,17-19H2,1-7H3,(H2,31,35)(H,32,36)(H,33,38). The van der Waals surface area contributed by atoms with E-state index in [0.29, 0.717) is 18.5 Å². The number of hydrogen-bond acceptors (Lipinski definition) is 5. The number of nitrogens with zero attached hydrogens (tertiary/aromatic N) is 1. The van der Waals surface area contributed by atoms with E-state index in [1.54, 1.807) is 20.8 Å².